The van der Waals surface area contributed by atoms with Crippen molar-refractivity contribution in [3.05, 3.63) is 48.8 Å². The summed E-state index contributed by atoms with van der Waals surface area (Å²) in [6, 6.07) is 8.14. The monoisotopic (exact) mass is 682 g/mol. The lowest BCUT2D eigenvalue weighted by atomic mass is 9.32. The van der Waals surface area contributed by atoms with Crippen LogP contribution in [0.5, 0.6) is 0 Å². The summed E-state index contributed by atoms with van der Waals surface area (Å²) >= 11 is 0. The van der Waals surface area contributed by atoms with Crippen molar-refractivity contribution in [1.82, 2.24) is 4.98 Å². The summed E-state index contributed by atoms with van der Waals surface area (Å²) in [6.07, 6.45) is 11.5. The van der Waals surface area contributed by atoms with Crippen molar-refractivity contribution in [2.45, 2.75) is 125 Å². The summed E-state index contributed by atoms with van der Waals surface area (Å²) in [4.78, 5) is 44.1. The minimum absolute atomic E-state index is 0.0329. The third kappa shape index (κ3) is 4.94. The number of esters is 2. The molecule has 7 heteroatoms. The van der Waals surface area contributed by atoms with Crippen LogP contribution in [0.2, 0.25) is 0 Å². The van der Waals surface area contributed by atoms with Crippen LogP contribution in [0.15, 0.2) is 48.8 Å². The van der Waals surface area contributed by atoms with E-state index in [2.05, 4.69) is 64.5 Å². The van der Waals surface area contributed by atoms with Gasteiger partial charge in [0.05, 0.1) is 17.3 Å². The zero-order valence-corrected chi connectivity index (χ0v) is 31.6. The number of hydrogen-bond acceptors (Lipinski definition) is 6. The van der Waals surface area contributed by atoms with Crippen LogP contribution in [-0.2, 0) is 23.9 Å². The summed E-state index contributed by atoms with van der Waals surface area (Å²) in [5.41, 5.74) is 1.17. The van der Waals surface area contributed by atoms with Gasteiger partial charge < -0.3 is 14.8 Å². The zero-order chi connectivity index (χ0) is 36.0. The van der Waals surface area contributed by atoms with E-state index in [1.165, 1.54) is 19.4 Å². The molecule has 50 heavy (non-hydrogen) atoms. The van der Waals surface area contributed by atoms with E-state index >= 15 is 0 Å². The second-order valence-electron chi connectivity index (χ2n) is 18.4. The molecule has 0 saturated heterocycles. The van der Waals surface area contributed by atoms with Gasteiger partial charge in [0.25, 0.3) is 0 Å². The number of anilines is 1. The molecule has 5 aliphatic carbocycles. The van der Waals surface area contributed by atoms with Gasteiger partial charge in [-0.3, -0.25) is 19.4 Å². The number of fused-ring (bicyclic) bond motifs is 8. The quantitative estimate of drug-likeness (QED) is 0.250. The van der Waals surface area contributed by atoms with Crippen LogP contribution in [0.1, 0.15) is 113 Å². The Kier molecular flexibility index (Phi) is 8.39. The van der Waals surface area contributed by atoms with Crippen molar-refractivity contribution in [2.24, 2.45) is 56.7 Å². The van der Waals surface area contributed by atoms with Crippen LogP contribution in [0.25, 0.3) is 10.8 Å². The minimum atomic E-state index is -0.477. The van der Waals surface area contributed by atoms with E-state index in [1.54, 1.807) is 6.20 Å². The minimum Gasteiger partial charge on any atom is -0.459 e. The van der Waals surface area contributed by atoms with Gasteiger partial charge in [0.2, 0.25) is 5.91 Å². The molecule has 0 unspecified atom stereocenters. The summed E-state index contributed by atoms with van der Waals surface area (Å²) in [5, 5.41) is 5.48. The molecule has 5 aliphatic rings. The van der Waals surface area contributed by atoms with Crippen molar-refractivity contribution >= 4 is 34.3 Å². The van der Waals surface area contributed by atoms with Crippen LogP contribution in [0.4, 0.5) is 5.69 Å². The van der Waals surface area contributed by atoms with E-state index in [9.17, 15) is 14.4 Å². The maximum absolute atomic E-state index is 14.8. The molecule has 0 radical (unpaired) electrons. The lowest BCUT2D eigenvalue weighted by Crippen LogP contribution is -2.69. The fourth-order valence-electron chi connectivity index (χ4n) is 13.8. The molecule has 1 amide bonds. The van der Waals surface area contributed by atoms with Crippen LogP contribution >= 0.6 is 0 Å². The third-order valence-corrected chi connectivity index (χ3v) is 15.9. The first-order chi connectivity index (χ1) is 23.5. The van der Waals surface area contributed by atoms with Gasteiger partial charge in [-0.25, -0.2) is 0 Å². The zero-order valence-electron chi connectivity index (χ0n) is 31.6. The van der Waals surface area contributed by atoms with Crippen LogP contribution in [0, 0.1) is 56.7 Å². The molecule has 1 aromatic carbocycles. The molecule has 5 fully saturated rings. The van der Waals surface area contributed by atoms with Crippen molar-refractivity contribution in [2.75, 3.05) is 5.32 Å². The highest BCUT2D eigenvalue weighted by Crippen LogP contribution is 2.77. The van der Waals surface area contributed by atoms with Crippen molar-refractivity contribution in [3.63, 3.8) is 0 Å². The SMILES string of the molecule is C=C(C)[C@@H]1CC[C@]2(C(=O)Nc3cncc4ccccc34)CC[C@]3(C)[C@H](CC[C@@H]4[C@@]5(C)C[C@H](OC(C)=O)[C@H](OC(C)=O)C(C)(C)[C@@H]5CC[C@]43C)[C@@H]12. The standard InChI is InChI=1S/C43H58N2O5/c1-25(2)29-16-19-43(38(48)45-32-24-44-23-28-12-10-11-13-30(28)32)21-20-41(8)31(36(29)43)14-15-35-40(7)22-33(49-26(3)46)37(50-27(4)47)39(5,6)34(40)17-18-42(35,41)9/h10-13,23-24,29,31,33-37H,1,14-22H2,2-9H3,(H,45,48)/t29-,31+,33-,34-,35+,36+,37-,40-,41+,42+,43-/m0/s1. The van der Waals surface area contributed by atoms with Crippen LogP contribution < -0.4 is 5.32 Å². The number of allylic oxidation sites excluding steroid dienone is 1. The second-order valence-corrected chi connectivity index (χ2v) is 18.4. The molecule has 0 spiro atoms. The van der Waals surface area contributed by atoms with Gasteiger partial charge in [-0.15, -0.1) is 0 Å². The van der Waals surface area contributed by atoms with E-state index in [0.717, 1.165) is 67.8 Å². The Morgan fingerprint density at radius 1 is 0.820 bits per heavy atom. The third-order valence-electron chi connectivity index (χ3n) is 15.9. The number of aromatic nitrogens is 1. The number of carbonyl (C=O) groups excluding carboxylic acids is 3. The molecule has 7 nitrogen and oxygen atoms in total. The number of amides is 1. The summed E-state index contributed by atoms with van der Waals surface area (Å²) < 4.78 is 12.0. The molecular weight excluding hydrogens is 624 g/mol. The fourth-order valence-corrected chi connectivity index (χ4v) is 13.8. The predicted molar refractivity (Wildman–Crippen MR) is 196 cm³/mol. The number of rotatable bonds is 5. The number of nitrogens with zero attached hydrogens (tertiary/aromatic N) is 1. The molecule has 0 aliphatic heterocycles. The largest absolute Gasteiger partial charge is 0.459 e. The van der Waals surface area contributed by atoms with Gasteiger partial charge in [-0.1, -0.05) is 71.0 Å². The average molecular weight is 683 g/mol. The first-order valence-electron chi connectivity index (χ1n) is 19.1. The Morgan fingerprint density at radius 3 is 2.24 bits per heavy atom. The number of pyridine rings is 1. The Balaban J connectivity index is 1.25. The van der Waals surface area contributed by atoms with E-state index in [0.29, 0.717) is 30.1 Å². The molecule has 0 bridgehead atoms. The highest BCUT2D eigenvalue weighted by molar-refractivity contribution is 6.03. The van der Waals surface area contributed by atoms with Gasteiger partial charge >= 0.3 is 11.9 Å². The van der Waals surface area contributed by atoms with Gasteiger partial charge in [0, 0.05) is 36.2 Å². The molecule has 1 aromatic heterocycles. The Hall–Kier alpha value is -3.22. The van der Waals surface area contributed by atoms with E-state index < -0.39 is 17.6 Å². The maximum atomic E-state index is 14.8. The van der Waals surface area contributed by atoms with E-state index in [-0.39, 0.29) is 45.4 Å². The van der Waals surface area contributed by atoms with Gasteiger partial charge in [0.15, 0.2) is 0 Å². The van der Waals surface area contributed by atoms with Crippen molar-refractivity contribution in [3.8, 4) is 0 Å². The topological polar surface area (TPSA) is 94.6 Å². The van der Waals surface area contributed by atoms with Gasteiger partial charge in [0.1, 0.15) is 12.2 Å². The Labute approximate surface area is 298 Å². The molecular formula is C43H58N2O5. The number of ether oxygens (including phenoxy) is 2. The van der Waals surface area contributed by atoms with E-state index in [1.807, 2.05) is 24.4 Å². The molecule has 7 rings (SSSR count). The van der Waals surface area contributed by atoms with Crippen molar-refractivity contribution < 1.29 is 23.9 Å². The first-order valence-corrected chi connectivity index (χ1v) is 19.1. The first kappa shape index (κ1) is 35.2. The summed E-state index contributed by atoms with van der Waals surface area (Å²) in [5.74, 6) is 1.18. The molecule has 5 saturated carbocycles. The number of carbonyl (C=O) groups is 3. The summed E-state index contributed by atoms with van der Waals surface area (Å²) in [6.45, 7) is 21.7. The molecule has 1 heterocycles. The number of hydrogen-bond donors (Lipinski definition) is 1. The number of benzene rings is 1. The average Bonchev–Trinajstić information content (AvgIpc) is 3.44. The normalized spacial score (nSPS) is 41.5. The lowest BCUT2D eigenvalue weighted by Gasteiger charge is -2.73. The van der Waals surface area contributed by atoms with Gasteiger partial charge in [-0.2, -0.15) is 0 Å². The summed E-state index contributed by atoms with van der Waals surface area (Å²) in [7, 11) is 0. The van der Waals surface area contributed by atoms with Crippen molar-refractivity contribution in [1.29, 1.82) is 0 Å². The van der Waals surface area contributed by atoms with E-state index in [4.69, 9.17) is 9.47 Å². The number of nitrogens with one attached hydrogen (secondary N) is 1. The van der Waals surface area contributed by atoms with Gasteiger partial charge in [-0.05, 0) is 111 Å². The predicted octanol–water partition coefficient (Wildman–Crippen LogP) is 9.30. The molecule has 1 N–H and O–H groups in total. The maximum Gasteiger partial charge on any atom is 0.303 e. The molecule has 2 aromatic rings. The highest BCUT2D eigenvalue weighted by Gasteiger charge is 2.73. The smallest absolute Gasteiger partial charge is 0.303 e. The molecule has 270 valence electrons. The Morgan fingerprint density at radius 2 is 1.54 bits per heavy atom. The fraction of sp³-hybridized carbons (Fsp3) is 0.674. The molecule has 11 atom stereocenters. The second kappa shape index (κ2) is 11.9. The van der Waals surface area contributed by atoms with Crippen LogP contribution in [0.3, 0.4) is 0 Å². The highest BCUT2D eigenvalue weighted by atomic mass is 16.6. The lowest BCUT2D eigenvalue weighted by molar-refractivity contribution is -0.267. The van der Waals surface area contributed by atoms with Crippen LogP contribution in [-0.4, -0.2) is 35.0 Å². The Bertz CT molecular complexity index is 1730.